The lowest BCUT2D eigenvalue weighted by molar-refractivity contribution is -0.385. The summed E-state index contributed by atoms with van der Waals surface area (Å²) in [5.41, 5.74) is 0.763. The van der Waals surface area contributed by atoms with Crippen LogP contribution >= 0.6 is 11.3 Å². The minimum absolute atomic E-state index is 0.0696. The number of hydrogen-bond donors (Lipinski definition) is 1. The molecule has 3 aromatic rings. The number of fused-ring (bicyclic) bond motifs is 1. The molecule has 1 aliphatic rings. The number of aromatic hydroxyl groups is 1. The number of thiazole rings is 1. The van der Waals surface area contributed by atoms with Crippen LogP contribution in [0, 0.1) is 10.1 Å². The van der Waals surface area contributed by atoms with Crippen LogP contribution in [0.25, 0.3) is 11.8 Å². The van der Waals surface area contributed by atoms with Crippen molar-refractivity contribution in [3.05, 3.63) is 89.0 Å². The molecule has 0 amide bonds. The number of phenolic OH excluding ortho intramolecular Hbond substituents is 1. The van der Waals surface area contributed by atoms with E-state index in [2.05, 4.69) is 4.99 Å². The maximum Gasteiger partial charge on any atom is 0.338 e. The Kier molecular flexibility index (Phi) is 6.52. The lowest BCUT2D eigenvalue weighted by Crippen LogP contribution is -2.35. The number of methoxy groups -OCH3 is 1. The summed E-state index contributed by atoms with van der Waals surface area (Å²) in [5, 5.41) is 21.4. The molecule has 2 aromatic carbocycles. The van der Waals surface area contributed by atoms with E-state index in [1.807, 2.05) is 0 Å². The van der Waals surface area contributed by atoms with Gasteiger partial charge in [-0.05, 0) is 43.7 Å². The number of carbonyl (C=O) groups excluding carboxylic acids is 1. The number of benzene rings is 2. The number of carbonyl (C=O) groups is 1. The number of nitro benzene ring substituents is 1. The number of ether oxygens (including phenoxy) is 2. The number of para-hydroxylation sites is 1. The van der Waals surface area contributed by atoms with Gasteiger partial charge in [0.15, 0.2) is 16.3 Å². The van der Waals surface area contributed by atoms with Crippen molar-refractivity contribution < 1.29 is 24.3 Å². The number of esters is 1. The van der Waals surface area contributed by atoms with E-state index in [4.69, 9.17) is 9.47 Å². The summed E-state index contributed by atoms with van der Waals surface area (Å²) in [6, 6.07) is 9.90. The van der Waals surface area contributed by atoms with E-state index >= 15 is 0 Å². The standard InChI is InChI=1S/C24H21N3O7S/c1-4-34-23(30)20-13(2)26-22(29)19(12-14-7-5-6-8-16(14)27(31)32)35-24(26)25-21(20)15-9-10-17(28)18(11-15)33-3/h5-12,21,28H,4H2,1-3H3. The largest absolute Gasteiger partial charge is 0.504 e. The molecule has 2 heterocycles. The van der Waals surface area contributed by atoms with E-state index < -0.39 is 22.5 Å². The second-order valence-corrected chi connectivity index (χ2v) is 8.54. The van der Waals surface area contributed by atoms with Crippen molar-refractivity contribution in [1.29, 1.82) is 0 Å². The van der Waals surface area contributed by atoms with Crippen molar-refractivity contribution >= 4 is 34.8 Å². The number of hydrogen-bond acceptors (Lipinski definition) is 9. The predicted octanol–water partition coefficient (Wildman–Crippen LogP) is 2.53. The van der Waals surface area contributed by atoms with Crippen molar-refractivity contribution in [2.75, 3.05) is 13.7 Å². The summed E-state index contributed by atoms with van der Waals surface area (Å²) in [4.78, 5) is 42.1. The minimum atomic E-state index is -0.819. The van der Waals surface area contributed by atoms with E-state index in [9.17, 15) is 24.8 Å². The van der Waals surface area contributed by atoms with Crippen LogP contribution in [0.15, 0.2) is 57.8 Å². The number of phenols is 1. The summed E-state index contributed by atoms with van der Waals surface area (Å²) in [6.45, 7) is 3.43. The Bertz CT molecular complexity index is 1550. The minimum Gasteiger partial charge on any atom is -0.504 e. The molecule has 4 rings (SSSR count). The molecule has 0 saturated carbocycles. The van der Waals surface area contributed by atoms with Crippen LogP contribution in [-0.4, -0.2) is 34.3 Å². The molecule has 0 fully saturated rings. The first-order valence-electron chi connectivity index (χ1n) is 10.6. The summed E-state index contributed by atoms with van der Waals surface area (Å²) in [7, 11) is 1.41. The molecule has 0 bridgehead atoms. The Balaban J connectivity index is 1.98. The van der Waals surface area contributed by atoms with Crippen molar-refractivity contribution in [3.8, 4) is 11.5 Å². The first kappa shape index (κ1) is 23.9. The van der Waals surface area contributed by atoms with Gasteiger partial charge in [0.25, 0.3) is 11.2 Å². The van der Waals surface area contributed by atoms with Gasteiger partial charge in [-0.3, -0.25) is 19.5 Å². The number of aromatic nitrogens is 1. The highest BCUT2D eigenvalue weighted by Crippen LogP contribution is 2.36. The van der Waals surface area contributed by atoms with Gasteiger partial charge in [-0.25, -0.2) is 9.79 Å². The molecule has 1 aromatic heterocycles. The molecule has 1 aliphatic heterocycles. The fraction of sp³-hybridized carbons (Fsp3) is 0.208. The number of nitro groups is 1. The maximum atomic E-state index is 13.3. The first-order valence-corrected chi connectivity index (χ1v) is 11.4. The normalized spacial score (nSPS) is 15.4. The zero-order valence-electron chi connectivity index (χ0n) is 19.0. The summed E-state index contributed by atoms with van der Waals surface area (Å²) >= 11 is 1.06. The van der Waals surface area contributed by atoms with Gasteiger partial charge >= 0.3 is 5.97 Å². The van der Waals surface area contributed by atoms with Crippen LogP contribution in [-0.2, 0) is 9.53 Å². The monoisotopic (exact) mass is 495 g/mol. The average molecular weight is 496 g/mol. The van der Waals surface area contributed by atoms with Crippen molar-refractivity contribution in [2.45, 2.75) is 19.9 Å². The predicted molar refractivity (Wildman–Crippen MR) is 129 cm³/mol. The molecule has 0 aliphatic carbocycles. The van der Waals surface area contributed by atoms with Crippen molar-refractivity contribution in [1.82, 2.24) is 4.57 Å². The second kappa shape index (κ2) is 9.55. The van der Waals surface area contributed by atoms with Gasteiger partial charge in [0.05, 0.1) is 34.3 Å². The van der Waals surface area contributed by atoms with Gasteiger partial charge in [0, 0.05) is 11.8 Å². The number of rotatable bonds is 6. The molecular formula is C24H21N3O7S. The van der Waals surface area contributed by atoms with E-state index in [-0.39, 0.29) is 39.5 Å². The van der Waals surface area contributed by atoms with E-state index in [0.29, 0.717) is 16.1 Å². The van der Waals surface area contributed by atoms with Gasteiger partial charge in [-0.1, -0.05) is 29.5 Å². The third-order valence-corrected chi connectivity index (χ3v) is 6.46. The summed E-state index contributed by atoms with van der Waals surface area (Å²) in [5.74, 6) is -0.489. The number of allylic oxidation sites excluding steroid dienone is 1. The lowest BCUT2D eigenvalue weighted by atomic mass is 9.96. The Morgan fingerprint density at radius 1 is 1.31 bits per heavy atom. The van der Waals surface area contributed by atoms with Crippen LogP contribution in [0.1, 0.15) is 31.0 Å². The molecular weight excluding hydrogens is 474 g/mol. The van der Waals surface area contributed by atoms with Crippen LogP contribution < -0.4 is 19.6 Å². The van der Waals surface area contributed by atoms with Crippen LogP contribution in [0.2, 0.25) is 0 Å². The molecule has 11 heteroatoms. The summed E-state index contributed by atoms with van der Waals surface area (Å²) in [6.07, 6.45) is 1.45. The van der Waals surface area contributed by atoms with Gasteiger partial charge in [-0.2, -0.15) is 0 Å². The molecule has 0 spiro atoms. The first-order chi connectivity index (χ1) is 16.8. The number of nitrogens with zero attached hydrogens (tertiary/aromatic N) is 3. The Hall–Kier alpha value is -4.25. The molecule has 1 atom stereocenters. The topological polar surface area (TPSA) is 133 Å². The molecule has 0 saturated heterocycles. The maximum absolute atomic E-state index is 13.3. The zero-order valence-corrected chi connectivity index (χ0v) is 19.9. The van der Waals surface area contributed by atoms with Gasteiger partial charge in [0.2, 0.25) is 0 Å². The molecule has 1 unspecified atom stereocenters. The Labute approximate surface area is 202 Å². The fourth-order valence-corrected chi connectivity index (χ4v) is 4.87. The third-order valence-electron chi connectivity index (χ3n) is 5.48. The quantitative estimate of drug-likeness (QED) is 0.316. The van der Waals surface area contributed by atoms with Crippen LogP contribution in [0.3, 0.4) is 0 Å². The van der Waals surface area contributed by atoms with Crippen molar-refractivity contribution in [2.24, 2.45) is 4.99 Å². The van der Waals surface area contributed by atoms with Gasteiger partial charge in [-0.15, -0.1) is 0 Å². The highest BCUT2D eigenvalue weighted by atomic mass is 32.1. The van der Waals surface area contributed by atoms with E-state index in [1.165, 1.54) is 29.9 Å². The highest BCUT2D eigenvalue weighted by molar-refractivity contribution is 7.07. The lowest BCUT2D eigenvalue weighted by Gasteiger charge is -2.22. The molecule has 35 heavy (non-hydrogen) atoms. The molecule has 0 radical (unpaired) electrons. The smallest absolute Gasteiger partial charge is 0.338 e. The Morgan fingerprint density at radius 2 is 2.06 bits per heavy atom. The van der Waals surface area contributed by atoms with Crippen LogP contribution in [0.5, 0.6) is 11.5 Å². The van der Waals surface area contributed by atoms with Gasteiger partial charge < -0.3 is 14.6 Å². The molecule has 10 nitrogen and oxygen atoms in total. The van der Waals surface area contributed by atoms with E-state index in [0.717, 1.165) is 11.3 Å². The Morgan fingerprint density at radius 3 is 2.74 bits per heavy atom. The summed E-state index contributed by atoms with van der Waals surface area (Å²) < 4.78 is 12.0. The fourth-order valence-electron chi connectivity index (χ4n) is 3.84. The van der Waals surface area contributed by atoms with Crippen LogP contribution in [0.4, 0.5) is 5.69 Å². The highest BCUT2D eigenvalue weighted by Gasteiger charge is 2.32. The average Bonchev–Trinajstić information content (AvgIpc) is 3.14. The van der Waals surface area contributed by atoms with Gasteiger partial charge in [0.1, 0.15) is 6.04 Å². The second-order valence-electron chi connectivity index (χ2n) is 7.53. The SMILES string of the molecule is CCOC(=O)C1=C(C)n2c(sc(=Cc3ccccc3[N+](=O)[O-])c2=O)=NC1c1ccc(O)c(OC)c1. The molecule has 180 valence electrons. The van der Waals surface area contributed by atoms with Crippen molar-refractivity contribution in [3.63, 3.8) is 0 Å². The zero-order chi connectivity index (χ0) is 25.3. The molecule has 1 N–H and O–H groups in total. The third kappa shape index (κ3) is 4.33. The van der Waals surface area contributed by atoms with E-state index in [1.54, 1.807) is 44.2 Å².